The fourth-order valence-corrected chi connectivity index (χ4v) is 3.76. The van der Waals surface area contributed by atoms with Crippen LogP contribution in [0.3, 0.4) is 0 Å². The van der Waals surface area contributed by atoms with Gasteiger partial charge in [0.2, 0.25) is 0 Å². The number of imide groups is 1. The number of carbonyl (C=O) groups excluding carboxylic acids is 2. The van der Waals surface area contributed by atoms with Crippen molar-refractivity contribution in [3.8, 4) is 17.2 Å². The number of halogens is 1. The second kappa shape index (κ2) is 9.24. The standard InChI is InChI=1S/C21H20ClNO5S/c1-3-27-17-11-14(10-16(22)19(17)24)12-18-20(25)23(21(26)29-18)8-9-28-15-6-4-13(2)5-7-15/h4-7,10-12,24H,3,8-9H2,1-2H3/b18-12-. The molecule has 6 nitrogen and oxygen atoms in total. The topological polar surface area (TPSA) is 76.1 Å². The minimum atomic E-state index is -0.394. The van der Waals surface area contributed by atoms with E-state index in [1.807, 2.05) is 31.2 Å². The van der Waals surface area contributed by atoms with Crippen molar-refractivity contribution in [2.24, 2.45) is 0 Å². The van der Waals surface area contributed by atoms with Gasteiger partial charge in [-0.05, 0) is 61.5 Å². The van der Waals surface area contributed by atoms with Crippen LogP contribution >= 0.6 is 23.4 Å². The second-order valence-electron chi connectivity index (χ2n) is 6.28. The van der Waals surface area contributed by atoms with Crippen molar-refractivity contribution >= 4 is 40.6 Å². The van der Waals surface area contributed by atoms with Gasteiger partial charge in [-0.15, -0.1) is 0 Å². The number of nitrogens with zero attached hydrogens (tertiary/aromatic N) is 1. The van der Waals surface area contributed by atoms with Crippen LogP contribution in [0.1, 0.15) is 18.1 Å². The van der Waals surface area contributed by atoms with Gasteiger partial charge in [0.05, 0.1) is 23.1 Å². The molecule has 152 valence electrons. The summed E-state index contributed by atoms with van der Waals surface area (Å²) >= 11 is 6.88. The van der Waals surface area contributed by atoms with Gasteiger partial charge in [-0.25, -0.2) is 0 Å². The SMILES string of the molecule is CCOc1cc(/C=C2\SC(=O)N(CCOc3ccc(C)cc3)C2=O)cc(Cl)c1O. The number of benzene rings is 2. The Morgan fingerprint density at radius 2 is 1.90 bits per heavy atom. The first-order chi connectivity index (χ1) is 13.9. The van der Waals surface area contributed by atoms with Crippen LogP contribution in [0.25, 0.3) is 6.08 Å². The molecular weight excluding hydrogens is 414 g/mol. The molecule has 2 aromatic rings. The number of aryl methyl sites for hydroxylation is 1. The van der Waals surface area contributed by atoms with Crippen LogP contribution in [0.5, 0.6) is 17.2 Å². The molecule has 0 bridgehead atoms. The quantitative estimate of drug-likeness (QED) is 0.628. The number of rotatable bonds is 7. The monoisotopic (exact) mass is 433 g/mol. The molecule has 2 amide bonds. The molecule has 0 aromatic heterocycles. The molecule has 1 aliphatic rings. The number of hydrogen-bond acceptors (Lipinski definition) is 6. The van der Waals surface area contributed by atoms with E-state index in [2.05, 4.69) is 0 Å². The Morgan fingerprint density at radius 1 is 1.17 bits per heavy atom. The summed E-state index contributed by atoms with van der Waals surface area (Å²) in [5.74, 6) is 0.346. The van der Waals surface area contributed by atoms with Gasteiger partial charge in [-0.1, -0.05) is 29.3 Å². The number of carbonyl (C=O) groups is 2. The molecule has 29 heavy (non-hydrogen) atoms. The molecule has 0 radical (unpaired) electrons. The fourth-order valence-electron chi connectivity index (χ4n) is 2.68. The number of ether oxygens (including phenoxy) is 2. The average Bonchev–Trinajstić information content (AvgIpc) is 2.94. The molecule has 3 rings (SSSR count). The first-order valence-corrected chi connectivity index (χ1v) is 10.2. The Kier molecular flexibility index (Phi) is 6.71. The number of phenols is 1. The van der Waals surface area contributed by atoms with Crippen molar-refractivity contribution in [2.75, 3.05) is 19.8 Å². The molecule has 1 heterocycles. The normalized spacial score (nSPS) is 15.3. The maximum atomic E-state index is 12.6. The van der Waals surface area contributed by atoms with Crippen molar-refractivity contribution in [3.05, 3.63) is 57.5 Å². The molecule has 0 saturated carbocycles. The highest BCUT2D eigenvalue weighted by Gasteiger charge is 2.34. The Hall–Kier alpha value is -2.64. The summed E-state index contributed by atoms with van der Waals surface area (Å²) in [6.07, 6.45) is 1.56. The third-order valence-electron chi connectivity index (χ3n) is 4.13. The molecule has 1 fully saturated rings. The zero-order valence-electron chi connectivity index (χ0n) is 16.0. The van der Waals surface area contributed by atoms with Crippen LogP contribution < -0.4 is 9.47 Å². The third kappa shape index (κ3) is 5.05. The predicted octanol–water partition coefficient (Wildman–Crippen LogP) is 4.87. The van der Waals surface area contributed by atoms with Crippen molar-refractivity contribution in [1.29, 1.82) is 0 Å². The molecular formula is C21H20ClNO5S. The van der Waals surface area contributed by atoms with E-state index in [1.54, 1.807) is 19.1 Å². The van der Waals surface area contributed by atoms with Crippen LogP contribution in [-0.4, -0.2) is 40.9 Å². The molecule has 1 N–H and O–H groups in total. The number of thioether (sulfide) groups is 1. The second-order valence-corrected chi connectivity index (χ2v) is 7.68. The maximum Gasteiger partial charge on any atom is 0.293 e. The number of amides is 2. The van der Waals surface area contributed by atoms with Gasteiger partial charge in [0.15, 0.2) is 11.5 Å². The van der Waals surface area contributed by atoms with Crippen molar-refractivity contribution in [2.45, 2.75) is 13.8 Å². The first-order valence-electron chi connectivity index (χ1n) is 8.99. The summed E-state index contributed by atoms with van der Waals surface area (Å²) in [6, 6.07) is 10.6. The lowest BCUT2D eigenvalue weighted by Gasteiger charge is -2.13. The van der Waals surface area contributed by atoms with E-state index in [9.17, 15) is 14.7 Å². The Labute approximate surface area is 178 Å². The Morgan fingerprint density at radius 3 is 2.59 bits per heavy atom. The van der Waals surface area contributed by atoms with E-state index in [0.29, 0.717) is 17.9 Å². The maximum absolute atomic E-state index is 12.6. The molecule has 2 aromatic carbocycles. The number of hydrogen-bond donors (Lipinski definition) is 1. The van der Waals surface area contributed by atoms with Gasteiger partial charge in [-0.2, -0.15) is 0 Å². The van der Waals surface area contributed by atoms with Crippen LogP contribution in [-0.2, 0) is 4.79 Å². The van der Waals surface area contributed by atoms with Crippen LogP contribution in [0.4, 0.5) is 4.79 Å². The average molecular weight is 434 g/mol. The smallest absolute Gasteiger partial charge is 0.293 e. The zero-order valence-corrected chi connectivity index (χ0v) is 17.5. The predicted molar refractivity (Wildman–Crippen MR) is 114 cm³/mol. The highest BCUT2D eigenvalue weighted by Crippen LogP contribution is 2.38. The summed E-state index contributed by atoms with van der Waals surface area (Å²) in [4.78, 5) is 26.3. The summed E-state index contributed by atoms with van der Waals surface area (Å²) in [6.45, 7) is 4.47. The van der Waals surface area contributed by atoms with E-state index < -0.39 is 5.91 Å². The first kappa shape index (κ1) is 21.1. The Bertz CT molecular complexity index is 958. The fraction of sp³-hybridized carbons (Fsp3) is 0.238. The lowest BCUT2D eigenvalue weighted by atomic mass is 10.2. The molecule has 8 heteroatoms. The molecule has 0 unspecified atom stereocenters. The molecule has 0 aliphatic carbocycles. The summed E-state index contributed by atoms with van der Waals surface area (Å²) in [5.41, 5.74) is 1.67. The largest absolute Gasteiger partial charge is 0.503 e. The molecule has 1 aliphatic heterocycles. The highest BCUT2D eigenvalue weighted by molar-refractivity contribution is 8.18. The van der Waals surface area contributed by atoms with E-state index in [-0.39, 0.29) is 39.8 Å². The minimum absolute atomic E-state index is 0.105. The van der Waals surface area contributed by atoms with E-state index >= 15 is 0 Å². The number of phenolic OH excluding ortho intramolecular Hbond substituents is 1. The summed E-state index contributed by atoms with van der Waals surface area (Å²) < 4.78 is 11.0. The van der Waals surface area contributed by atoms with Crippen LogP contribution in [0.15, 0.2) is 41.3 Å². The van der Waals surface area contributed by atoms with Crippen LogP contribution in [0.2, 0.25) is 5.02 Å². The van der Waals surface area contributed by atoms with Gasteiger partial charge >= 0.3 is 0 Å². The van der Waals surface area contributed by atoms with E-state index in [0.717, 1.165) is 22.2 Å². The zero-order chi connectivity index (χ0) is 21.0. The molecule has 0 spiro atoms. The molecule has 1 saturated heterocycles. The van der Waals surface area contributed by atoms with Crippen molar-refractivity contribution in [3.63, 3.8) is 0 Å². The van der Waals surface area contributed by atoms with Crippen molar-refractivity contribution < 1.29 is 24.2 Å². The van der Waals surface area contributed by atoms with Gasteiger partial charge in [0.25, 0.3) is 11.1 Å². The summed E-state index contributed by atoms with van der Waals surface area (Å²) in [7, 11) is 0. The highest BCUT2D eigenvalue weighted by atomic mass is 35.5. The van der Waals surface area contributed by atoms with Gasteiger partial charge in [-0.3, -0.25) is 14.5 Å². The third-order valence-corrected chi connectivity index (χ3v) is 5.32. The van der Waals surface area contributed by atoms with E-state index in [4.69, 9.17) is 21.1 Å². The molecule has 0 atom stereocenters. The van der Waals surface area contributed by atoms with Crippen LogP contribution in [0, 0.1) is 6.92 Å². The lowest BCUT2D eigenvalue weighted by molar-refractivity contribution is -0.123. The van der Waals surface area contributed by atoms with Gasteiger partial charge in [0, 0.05) is 0 Å². The minimum Gasteiger partial charge on any atom is -0.503 e. The van der Waals surface area contributed by atoms with E-state index in [1.165, 1.54) is 6.07 Å². The summed E-state index contributed by atoms with van der Waals surface area (Å²) in [5, 5.41) is 9.68. The Balaban J connectivity index is 1.69. The van der Waals surface area contributed by atoms with Crippen molar-refractivity contribution in [1.82, 2.24) is 4.90 Å². The van der Waals surface area contributed by atoms with Gasteiger partial charge < -0.3 is 14.6 Å². The number of aromatic hydroxyl groups is 1. The lowest BCUT2D eigenvalue weighted by Crippen LogP contribution is -2.32. The van der Waals surface area contributed by atoms with Gasteiger partial charge in [0.1, 0.15) is 12.4 Å².